The van der Waals surface area contributed by atoms with Gasteiger partial charge in [-0.25, -0.2) is 14.4 Å². The molecule has 0 aliphatic rings. The molecular formula is C14H19FN4S. The quantitative estimate of drug-likeness (QED) is 0.889. The minimum Gasteiger partial charge on any atom is -0.361 e. The first-order valence-electron chi connectivity index (χ1n) is 6.46. The van der Waals surface area contributed by atoms with Crippen LogP contribution in [0.2, 0.25) is 0 Å². The Morgan fingerprint density at radius 3 is 2.65 bits per heavy atom. The van der Waals surface area contributed by atoms with Gasteiger partial charge in [0.05, 0.1) is 6.54 Å². The van der Waals surface area contributed by atoms with Gasteiger partial charge in [0.15, 0.2) is 11.6 Å². The van der Waals surface area contributed by atoms with E-state index in [0.29, 0.717) is 18.7 Å². The molecule has 4 nitrogen and oxygen atoms in total. The molecule has 2 aromatic rings. The Balaban J connectivity index is 2.03. The number of pyridine rings is 1. The summed E-state index contributed by atoms with van der Waals surface area (Å²) >= 11 is 1.53. The highest BCUT2D eigenvalue weighted by molar-refractivity contribution is 7.09. The zero-order chi connectivity index (χ0) is 14.6. The predicted octanol–water partition coefficient (Wildman–Crippen LogP) is 3.18. The number of nitrogens with one attached hydrogen (secondary N) is 2. The van der Waals surface area contributed by atoms with Gasteiger partial charge in [-0.2, -0.15) is 0 Å². The molecule has 0 saturated carbocycles. The second kappa shape index (κ2) is 6.28. The van der Waals surface area contributed by atoms with Crippen LogP contribution in [-0.2, 0) is 13.1 Å². The van der Waals surface area contributed by atoms with Gasteiger partial charge >= 0.3 is 0 Å². The molecule has 0 aliphatic heterocycles. The van der Waals surface area contributed by atoms with Crippen LogP contribution in [0.25, 0.3) is 0 Å². The fourth-order valence-corrected chi connectivity index (χ4v) is 2.16. The van der Waals surface area contributed by atoms with E-state index in [1.165, 1.54) is 11.3 Å². The third-order valence-corrected chi connectivity index (χ3v) is 3.45. The van der Waals surface area contributed by atoms with Gasteiger partial charge in [0.2, 0.25) is 0 Å². The highest BCUT2D eigenvalue weighted by atomic mass is 32.1. The second-order valence-corrected chi connectivity index (χ2v) is 6.49. The number of halogens is 1. The molecule has 2 aromatic heterocycles. The van der Waals surface area contributed by atoms with E-state index in [0.717, 1.165) is 5.01 Å². The van der Waals surface area contributed by atoms with Crippen LogP contribution in [0.4, 0.5) is 10.2 Å². The standard InChI is InChI=1S/C14H19FN4S/c1-14(2,3)19-8-10-4-5-17-13(12(10)15)18-9-11-16-6-7-20-11/h4-7,19H,8-9H2,1-3H3,(H,17,18). The van der Waals surface area contributed by atoms with Gasteiger partial charge < -0.3 is 10.6 Å². The minimum atomic E-state index is -0.305. The second-order valence-electron chi connectivity index (χ2n) is 5.52. The van der Waals surface area contributed by atoms with Crippen molar-refractivity contribution in [2.45, 2.75) is 39.4 Å². The Morgan fingerprint density at radius 1 is 1.20 bits per heavy atom. The van der Waals surface area contributed by atoms with E-state index in [-0.39, 0.29) is 17.2 Å². The van der Waals surface area contributed by atoms with Crippen molar-refractivity contribution in [2.75, 3.05) is 5.32 Å². The van der Waals surface area contributed by atoms with Crippen LogP contribution in [0, 0.1) is 5.82 Å². The molecule has 2 heterocycles. The molecule has 0 radical (unpaired) electrons. The van der Waals surface area contributed by atoms with Gasteiger partial charge in [0, 0.05) is 35.4 Å². The summed E-state index contributed by atoms with van der Waals surface area (Å²) < 4.78 is 14.3. The maximum Gasteiger partial charge on any atom is 0.169 e. The van der Waals surface area contributed by atoms with Crippen LogP contribution in [0.15, 0.2) is 23.8 Å². The lowest BCUT2D eigenvalue weighted by atomic mass is 10.1. The van der Waals surface area contributed by atoms with E-state index >= 15 is 0 Å². The third-order valence-electron chi connectivity index (χ3n) is 2.67. The molecule has 0 saturated heterocycles. The van der Waals surface area contributed by atoms with Crippen LogP contribution in [0.5, 0.6) is 0 Å². The highest BCUT2D eigenvalue weighted by Crippen LogP contribution is 2.17. The molecule has 20 heavy (non-hydrogen) atoms. The lowest BCUT2D eigenvalue weighted by Crippen LogP contribution is -2.35. The summed E-state index contributed by atoms with van der Waals surface area (Å²) in [5, 5.41) is 9.06. The largest absolute Gasteiger partial charge is 0.361 e. The first-order valence-corrected chi connectivity index (χ1v) is 7.34. The normalized spacial score (nSPS) is 11.6. The maximum atomic E-state index is 14.3. The first kappa shape index (κ1) is 14.9. The van der Waals surface area contributed by atoms with Gasteiger partial charge in [-0.05, 0) is 26.8 Å². The summed E-state index contributed by atoms with van der Waals surface area (Å²) in [5.41, 5.74) is 0.557. The fraction of sp³-hybridized carbons (Fsp3) is 0.429. The minimum absolute atomic E-state index is 0.0514. The number of hydrogen-bond acceptors (Lipinski definition) is 5. The summed E-state index contributed by atoms with van der Waals surface area (Å²) in [7, 11) is 0. The van der Waals surface area contributed by atoms with E-state index in [2.05, 4.69) is 20.6 Å². The molecule has 0 aromatic carbocycles. The average molecular weight is 294 g/mol. The van der Waals surface area contributed by atoms with Gasteiger partial charge in [0.1, 0.15) is 5.01 Å². The van der Waals surface area contributed by atoms with Crippen molar-refractivity contribution >= 4 is 17.2 Å². The Labute approximate surface area is 122 Å². The Bertz CT molecular complexity index is 549. The van der Waals surface area contributed by atoms with Gasteiger partial charge in [-0.3, -0.25) is 0 Å². The zero-order valence-electron chi connectivity index (χ0n) is 11.9. The number of hydrogen-bond donors (Lipinski definition) is 2. The van der Waals surface area contributed by atoms with E-state index in [1.807, 2.05) is 26.2 Å². The number of rotatable bonds is 5. The van der Waals surface area contributed by atoms with Gasteiger partial charge in [-0.1, -0.05) is 0 Å². The number of anilines is 1. The highest BCUT2D eigenvalue weighted by Gasteiger charge is 2.13. The summed E-state index contributed by atoms with van der Waals surface area (Å²) in [6, 6.07) is 1.70. The van der Waals surface area contributed by atoms with Crippen LogP contribution in [-0.4, -0.2) is 15.5 Å². The van der Waals surface area contributed by atoms with Gasteiger partial charge in [-0.15, -0.1) is 11.3 Å². The molecule has 2 rings (SSSR count). The van der Waals surface area contributed by atoms with E-state index in [9.17, 15) is 4.39 Å². The lowest BCUT2D eigenvalue weighted by molar-refractivity contribution is 0.418. The predicted molar refractivity (Wildman–Crippen MR) is 80.2 cm³/mol. The van der Waals surface area contributed by atoms with E-state index < -0.39 is 0 Å². The van der Waals surface area contributed by atoms with Crippen LogP contribution < -0.4 is 10.6 Å². The number of nitrogens with zero attached hydrogens (tertiary/aromatic N) is 2. The van der Waals surface area contributed by atoms with E-state index in [1.54, 1.807) is 18.5 Å². The molecule has 2 N–H and O–H groups in total. The Morgan fingerprint density at radius 2 is 2.00 bits per heavy atom. The first-order chi connectivity index (χ1) is 9.46. The summed E-state index contributed by atoms with van der Waals surface area (Å²) in [6.07, 6.45) is 3.35. The number of aromatic nitrogens is 2. The summed E-state index contributed by atoms with van der Waals surface area (Å²) in [5.74, 6) is -0.0331. The van der Waals surface area contributed by atoms with Crippen molar-refractivity contribution in [2.24, 2.45) is 0 Å². The molecular weight excluding hydrogens is 275 g/mol. The molecule has 0 bridgehead atoms. The molecule has 6 heteroatoms. The maximum absolute atomic E-state index is 14.3. The molecule has 0 unspecified atom stereocenters. The van der Waals surface area contributed by atoms with Crippen molar-refractivity contribution in [3.63, 3.8) is 0 Å². The smallest absolute Gasteiger partial charge is 0.169 e. The monoisotopic (exact) mass is 294 g/mol. The van der Waals surface area contributed by atoms with Crippen molar-refractivity contribution < 1.29 is 4.39 Å². The van der Waals surface area contributed by atoms with Gasteiger partial charge in [0.25, 0.3) is 0 Å². The lowest BCUT2D eigenvalue weighted by Gasteiger charge is -2.21. The molecule has 0 atom stereocenters. The van der Waals surface area contributed by atoms with E-state index in [4.69, 9.17) is 0 Å². The molecule has 0 spiro atoms. The third kappa shape index (κ3) is 4.25. The van der Waals surface area contributed by atoms with Crippen LogP contribution in [0.1, 0.15) is 31.3 Å². The zero-order valence-corrected chi connectivity index (χ0v) is 12.7. The van der Waals surface area contributed by atoms with Crippen molar-refractivity contribution in [1.29, 1.82) is 0 Å². The number of thiazole rings is 1. The molecule has 108 valence electrons. The molecule has 0 amide bonds. The molecule has 0 fully saturated rings. The Kier molecular flexibility index (Phi) is 4.67. The Hall–Kier alpha value is -1.53. The summed E-state index contributed by atoms with van der Waals surface area (Å²) in [6.45, 7) is 7.11. The van der Waals surface area contributed by atoms with Crippen LogP contribution >= 0.6 is 11.3 Å². The van der Waals surface area contributed by atoms with Crippen molar-refractivity contribution in [3.05, 3.63) is 40.2 Å². The SMILES string of the molecule is CC(C)(C)NCc1ccnc(NCc2nccs2)c1F. The topological polar surface area (TPSA) is 49.8 Å². The fourth-order valence-electron chi connectivity index (χ4n) is 1.60. The average Bonchev–Trinajstić information content (AvgIpc) is 2.88. The molecule has 0 aliphatic carbocycles. The van der Waals surface area contributed by atoms with Crippen molar-refractivity contribution in [1.82, 2.24) is 15.3 Å². The van der Waals surface area contributed by atoms with Crippen LogP contribution in [0.3, 0.4) is 0 Å². The summed E-state index contributed by atoms with van der Waals surface area (Å²) in [4.78, 5) is 8.19. The van der Waals surface area contributed by atoms with Crippen molar-refractivity contribution in [3.8, 4) is 0 Å².